The first kappa shape index (κ1) is 13.9. The van der Waals surface area contributed by atoms with E-state index in [9.17, 15) is 13.9 Å². The van der Waals surface area contributed by atoms with Crippen molar-refractivity contribution in [2.24, 2.45) is 0 Å². The Balaban J connectivity index is 1.71. The van der Waals surface area contributed by atoms with Crippen LogP contribution < -0.4 is 0 Å². The number of aliphatic hydroxyl groups excluding tert-OH is 1. The Bertz CT molecular complexity index is 497. The summed E-state index contributed by atoms with van der Waals surface area (Å²) in [5.74, 6) is -1.02. The van der Waals surface area contributed by atoms with E-state index in [-0.39, 0.29) is 6.10 Å². The van der Waals surface area contributed by atoms with E-state index in [1.165, 1.54) is 12.1 Å². The van der Waals surface area contributed by atoms with Crippen molar-refractivity contribution in [3.8, 4) is 0 Å². The van der Waals surface area contributed by atoms with Gasteiger partial charge in [0, 0.05) is 49.9 Å². The molecule has 3 rings (SSSR count). The molecule has 0 aromatic heterocycles. The molecule has 2 aliphatic heterocycles. The lowest BCUT2D eigenvalue weighted by Crippen LogP contribution is -2.54. The summed E-state index contributed by atoms with van der Waals surface area (Å²) in [5, 5.41) is 9.74. The summed E-state index contributed by atoms with van der Waals surface area (Å²) < 4.78 is 26.7. The molecule has 0 saturated carbocycles. The lowest BCUT2D eigenvalue weighted by atomic mass is 10.1. The number of benzene rings is 1. The summed E-state index contributed by atoms with van der Waals surface area (Å²) in [5.41, 5.74) is 0.533. The van der Waals surface area contributed by atoms with Gasteiger partial charge >= 0.3 is 0 Å². The van der Waals surface area contributed by atoms with Crippen LogP contribution in [0.3, 0.4) is 0 Å². The quantitative estimate of drug-likeness (QED) is 0.892. The molecule has 2 fully saturated rings. The van der Waals surface area contributed by atoms with E-state index in [2.05, 4.69) is 16.7 Å². The molecular weight excluding hydrogens is 262 g/mol. The number of hydrogen-bond acceptors (Lipinski definition) is 3. The van der Waals surface area contributed by atoms with Crippen LogP contribution in [0.1, 0.15) is 18.9 Å². The maximum absolute atomic E-state index is 13.7. The molecule has 0 unspecified atom stereocenters. The molecule has 5 heteroatoms. The smallest absolute Gasteiger partial charge is 0.130 e. The molecule has 1 N–H and O–H groups in total. The van der Waals surface area contributed by atoms with Crippen LogP contribution in [0.4, 0.5) is 8.78 Å². The standard InChI is InChI=1S/C15H20F2N2O/c1-10-6-19-9-14(20)5-13(19)8-18(10)7-11-2-3-12(16)4-15(11)17/h2-4,10,13-14,20H,5-9H2,1H3/t10-,13-,14-/m1/s1. The van der Waals surface area contributed by atoms with Gasteiger partial charge in [-0.2, -0.15) is 0 Å². The highest BCUT2D eigenvalue weighted by molar-refractivity contribution is 5.18. The van der Waals surface area contributed by atoms with Crippen LogP contribution in [-0.2, 0) is 6.54 Å². The molecule has 2 saturated heterocycles. The van der Waals surface area contributed by atoms with Gasteiger partial charge < -0.3 is 5.11 Å². The van der Waals surface area contributed by atoms with Crippen molar-refractivity contribution in [1.82, 2.24) is 9.80 Å². The molecular formula is C15H20F2N2O. The number of piperazine rings is 1. The maximum Gasteiger partial charge on any atom is 0.130 e. The van der Waals surface area contributed by atoms with Crippen molar-refractivity contribution in [2.45, 2.75) is 38.1 Å². The number of nitrogens with zero attached hydrogens (tertiary/aromatic N) is 2. The molecule has 0 radical (unpaired) electrons. The molecule has 2 aliphatic rings. The highest BCUT2D eigenvalue weighted by Gasteiger charge is 2.38. The van der Waals surface area contributed by atoms with Crippen LogP contribution in [-0.4, -0.2) is 52.7 Å². The molecule has 0 amide bonds. The van der Waals surface area contributed by atoms with Crippen LogP contribution in [0, 0.1) is 11.6 Å². The van der Waals surface area contributed by atoms with Crippen LogP contribution in [0.15, 0.2) is 18.2 Å². The first-order valence-corrected chi connectivity index (χ1v) is 7.13. The first-order valence-electron chi connectivity index (χ1n) is 7.13. The maximum atomic E-state index is 13.7. The molecule has 0 bridgehead atoms. The second-order valence-corrected chi connectivity index (χ2v) is 6.01. The lowest BCUT2D eigenvalue weighted by Gasteiger charge is -2.42. The normalized spacial score (nSPS) is 31.5. The van der Waals surface area contributed by atoms with Crippen molar-refractivity contribution >= 4 is 0 Å². The summed E-state index contributed by atoms with van der Waals surface area (Å²) in [7, 11) is 0. The highest BCUT2D eigenvalue weighted by Crippen LogP contribution is 2.26. The number of hydrogen-bond donors (Lipinski definition) is 1. The van der Waals surface area contributed by atoms with E-state index < -0.39 is 11.6 Å². The lowest BCUT2D eigenvalue weighted by molar-refractivity contribution is 0.0521. The Morgan fingerprint density at radius 3 is 2.80 bits per heavy atom. The SMILES string of the molecule is C[C@@H]1CN2C[C@H](O)C[C@@H]2CN1Cc1ccc(F)cc1F. The van der Waals surface area contributed by atoms with Crippen LogP contribution >= 0.6 is 0 Å². The van der Waals surface area contributed by atoms with E-state index in [0.717, 1.165) is 32.1 Å². The third-order valence-corrected chi connectivity index (χ3v) is 4.46. The van der Waals surface area contributed by atoms with Gasteiger partial charge in [-0.3, -0.25) is 9.80 Å². The molecule has 20 heavy (non-hydrogen) atoms. The molecule has 3 atom stereocenters. The predicted molar refractivity (Wildman–Crippen MR) is 72.2 cm³/mol. The fourth-order valence-electron chi connectivity index (χ4n) is 3.37. The van der Waals surface area contributed by atoms with Gasteiger partial charge in [0.05, 0.1) is 6.10 Å². The van der Waals surface area contributed by atoms with Crippen LogP contribution in [0.25, 0.3) is 0 Å². The van der Waals surface area contributed by atoms with Crippen molar-refractivity contribution in [2.75, 3.05) is 19.6 Å². The number of halogens is 2. The zero-order chi connectivity index (χ0) is 14.3. The third kappa shape index (κ3) is 2.71. The van der Waals surface area contributed by atoms with Gasteiger partial charge in [0.25, 0.3) is 0 Å². The number of rotatable bonds is 2. The van der Waals surface area contributed by atoms with Crippen molar-refractivity contribution in [3.05, 3.63) is 35.4 Å². The summed E-state index contributed by atoms with van der Waals surface area (Å²) in [4.78, 5) is 4.53. The Hall–Kier alpha value is -1.04. The zero-order valence-electron chi connectivity index (χ0n) is 11.6. The second kappa shape index (κ2) is 5.39. The molecule has 0 spiro atoms. The minimum atomic E-state index is -0.539. The minimum Gasteiger partial charge on any atom is -0.392 e. The third-order valence-electron chi connectivity index (χ3n) is 4.46. The highest BCUT2D eigenvalue weighted by atomic mass is 19.1. The van der Waals surface area contributed by atoms with E-state index >= 15 is 0 Å². The average Bonchev–Trinajstić information content (AvgIpc) is 2.72. The summed E-state index contributed by atoms with van der Waals surface area (Å²) >= 11 is 0. The summed E-state index contributed by atoms with van der Waals surface area (Å²) in [6, 6.07) is 4.42. The van der Waals surface area contributed by atoms with Gasteiger partial charge in [0.1, 0.15) is 11.6 Å². The minimum absolute atomic E-state index is 0.241. The van der Waals surface area contributed by atoms with Gasteiger partial charge in [0.15, 0.2) is 0 Å². The first-order chi connectivity index (χ1) is 9.52. The fraction of sp³-hybridized carbons (Fsp3) is 0.600. The summed E-state index contributed by atoms with van der Waals surface area (Å²) in [6.45, 7) is 5.07. The Morgan fingerprint density at radius 2 is 2.05 bits per heavy atom. The molecule has 110 valence electrons. The van der Waals surface area contributed by atoms with E-state index in [0.29, 0.717) is 24.2 Å². The molecule has 1 aromatic rings. The Labute approximate surface area is 117 Å². The zero-order valence-corrected chi connectivity index (χ0v) is 11.6. The van der Waals surface area contributed by atoms with E-state index in [4.69, 9.17) is 0 Å². The van der Waals surface area contributed by atoms with Crippen molar-refractivity contribution < 1.29 is 13.9 Å². The van der Waals surface area contributed by atoms with Crippen LogP contribution in [0.5, 0.6) is 0 Å². The molecule has 2 heterocycles. The Kier molecular flexibility index (Phi) is 3.75. The Morgan fingerprint density at radius 1 is 1.25 bits per heavy atom. The van der Waals surface area contributed by atoms with Gasteiger partial charge in [-0.05, 0) is 19.4 Å². The molecule has 0 aliphatic carbocycles. The summed E-state index contributed by atoms with van der Waals surface area (Å²) in [6.07, 6.45) is 0.546. The number of fused-ring (bicyclic) bond motifs is 1. The van der Waals surface area contributed by atoms with E-state index in [1.807, 2.05) is 0 Å². The fourth-order valence-corrected chi connectivity index (χ4v) is 3.37. The predicted octanol–water partition coefficient (Wildman–Crippen LogP) is 1.60. The van der Waals surface area contributed by atoms with Crippen LogP contribution in [0.2, 0.25) is 0 Å². The van der Waals surface area contributed by atoms with Gasteiger partial charge in [-0.25, -0.2) is 8.78 Å². The largest absolute Gasteiger partial charge is 0.392 e. The van der Waals surface area contributed by atoms with E-state index in [1.54, 1.807) is 0 Å². The van der Waals surface area contributed by atoms with Gasteiger partial charge in [-0.1, -0.05) is 6.07 Å². The average molecular weight is 282 g/mol. The van der Waals surface area contributed by atoms with Gasteiger partial charge in [0.2, 0.25) is 0 Å². The monoisotopic (exact) mass is 282 g/mol. The topological polar surface area (TPSA) is 26.7 Å². The van der Waals surface area contributed by atoms with Crippen molar-refractivity contribution in [1.29, 1.82) is 0 Å². The molecule has 3 nitrogen and oxygen atoms in total. The van der Waals surface area contributed by atoms with Gasteiger partial charge in [-0.15, -0.1) is 0 Å². The molecule has 1 aromatic carbocycles. The van der Waals surface area contributed by atoms with Crippen molar-refractivity contribution in [3.63, 3.8) is 0 Å². The second-order valence-electron chi connectivity index (χ2n) is 6.01. The number of aliphatic hydroxyl groups is 1.